The van der Waals surface area contributed by atoms with E-state index in [1.54, 1.807) is 12.1 Å². The van der Waals surface area contributed by atoms with E-state index in [4.69, 9.17) is 0 Å². The van der Waals surface area contributed by atoms with Crippen LogP contribution in [0.5, 0.6) is 5.75 Å². The first-order valence-corrected chi connectivity index (χ1v) is 10.4. The molecule has 0 aliphatic carbocycles. The van der Waals surface area contributed by atoms with Gasteiger partial charge in [0.1, 0.15) is 5.75 Å². The Bertz CT molecular complexity index is 712. The lowest BCUT2D eigenvalue weighted by Gasteiger charge is -2.38. The fourth-order valence-corrected chi connectivity index (χ4v) is 5.10. The van der Waals surface area contributed by atoms with Crippen LogP contribution in [0.15, 0.2) is 24.3 Å². The molecule has 2 saturated heterocycles. The topological polar surface area (TPSA) is 90.0 Å². The summed E-state index contributed by atoms with van der Waals surface area (Å²) in [6.45, 7) is 5.01. The molecule has 0 saturated carbocycles. The van der Waals surface area contributed by atoms with Gasteiger partial charge in [-0.1, -0.05) is 0 Å². The first-order chi connectivity index (χ1) is 11.8. The third kappa shape index (κ3) is 4.43. The van der Waals surface area contributed by atoms with Gasteiger partial charge in [-0.2, -0.15) is 0 Å². The van der Waals surface area contributed by atoms with E-state index in [1.165, 1.54) is 0 Å². The van der Waals surface area contributed by atoms with Gasteiger partial charge in [-0.3, -0.25) is 9.69 Å². The van der Waals surface area contributed by atoms with Crippen molar-refractivity contribution in [3.8, 4) is 5.75 Å². The number of sulfone groups is 1. The van der Waals surface area contributed by atoms with Crippen molar-refractivity contribution in [1.82, 2.24) is 10.2 Å². The van der Waals surface area contributed by atoms with Crippen LogP contribution >= 0.6 is 0 Å². The number of rotatable bonds is 4. The molecule has 2 N–H and O–H groups in total. The maximum Gasteiger partial charge on any atom is 0.237 e. The van der Waals surface area contributed by atoms with Crippen molar-refractivity contribution in [1.29, 1.82) is 0 Å². The number of phenolic OH excluding ortho intramolecular Hbond substituents is 1. The highest BCUT2D eigenvalue weighted by Gasteiger charge is 2.32. The predicted octanol–water partition coefficient (Wildman–Crippen LogP) is 0.206. The SMILES string of the molecule is C[C@@H](C(=O)N[C@@H]1CCS(=O)(=O)C1)N1CCN(c2ccc(O)cc2)CC1. The van der Waals surface area contributed by atoms with Crippen LogP contribution in [0, 0.1) is 0 Å². The Kier molecular flexibility index (Phi) is 5.19. The summed E-state index contributed by atoms with van der Waals surface area (Å²) >= 11 is 0. The molecule has 0 spiro atoms. The summed E-state index contributed by atoms with van der Waals surface area (Å²) in [4.78, 5) is 16.8. The van der Waals surface area contributed by atoms with Crippen molar-refractivity contribution in [2.45, 2.75) is 25.4 Å². The summed E-state index contributed by atoms with van der Waals surface area (Å²) < 4.78 is 23.0. The van der Waals surface area contributed by atoms with E-state index in [1.807, 2.05) is 19.1 Å². The molecule has 2 aliphatic heterocycles. The summed E-state index contributed by atoms with van der Waals surface area (Å²) in [5.41, 5.74) is 1.06. The molecule has 1 amide bonds. The van der Waals surface area contributed by atoms with Crippen LogP contribution in [-0.4, -0.2) is 74.1 Å². The zero-order chi connectivity index (χ0) is 18.0. The monoisotopic (exact) mass is 367 g/mol. The van der Waals surface area contributed by atoms with E-state index in [2.05, 4.69) is 15.1 Å². The van der Waals surface area contributed by atoms with Gasteiger partial charge in [-0.15, -0.1) is 0 Å². The summed E-state index contributed by atoms with van der Waals surface area (Å²) in [7, 11) is -2.99. The molecule has 0 radical (unpaired) electrons. The molecule has 3 rings (SSSR count). The third-order valence-electron chi connectivity index (χ3n) is 5.04. The fourth-order valence-electron chi connectivity index (χ4n) is 3.43. The van der Waals surface area contributed by atoms with E-state index in [0.29, 0.717) is 6.42 Å². The average Bonchev–Trinajstić information content (AvgIpc) is 2.93. The Balaban J connectivity index is 1.50. The molecule has 25 heavy (non-hydrogen) atoms. The van der Waals surface area contributed by atoms with E-state index in [-0.39, 0.29) is 35.2 Å². The lowest BCUT2D eigenvalue weighted by atomic mass is 10.1. The van der Waals surface area contributed by atoms with E-state index < -0.39 is 9.84 Å². The lowest BCUT2D eigenvalue weighted by Crippen LogP contribution is -2.55. The summed E-state index contributed by atoms with van der Waals surface area (Å²) in [6, 6.07) is 6.60. The van der Waals surface area contributed by atoms with Crippen LogP contribution < -0.4 is 10.2 Å². The van der Waals surface area contributed by atoms with Gasteiger partial charge < -0.3 is 15.3 Å². The quantitative estimate of drug-likeness (QED) is 0.791. The van der Waals surface area contributed by atoms with Crippen LogP contribution in [0.4, 0.5) is 5.69 Å². The van der Waals surface area contributed by atoms with Gasteiger partial charge in [-0.05, 0) is 37.6 Å². The fraction of sp³-hybridized carbons (Fsp3) is 0.588. The van der Waals surface area contributed by atoms with Crippen LogP contribution in [-0.2, 0) is 14.6 Å². The average molecular weight is 367 g/mol. The molecule has 2 heterocycles. The highest BCUT2D eigenvalue weighted by Crippen LogP contribution is 2.20. The minimum absolute atomic E-state index is 0.0556. The Morgan fingerprint density at radius 2 is 1.84 bits per heavy atom. The molecule has 7 nitrogen and oxygen atoms in total. The molecule has 1 aromatic carbocycles. The number of benzene rings is 1. The zero-order valence-corrected chi connectivity index (χ0v) is 15.2. The van der Waals surface area contributed by atoms with Crippen LogP contribution in [0.1, 0.15) is 13.3 Å². The smallest absolute Gasteiger partial charge is 0.237 e. The largest absolute Gasteiger partial charge is 0.508 e. The van der Waals surface area contributed by atoms with Crippen molar-refractivity contribution in [2.75, 3.05) is 42.6 Å². The van der Waals surface area contributed by atoms with Crippen LogP contribution in [0.2, 0.25) is 0 Å². The second-order valence-electron chi connectivity index (χ2n) is 6.82. The Morgan fingerprint density at radius 1 is 1.20 bits per heavy atom. The van der Waals surface area contributed by atoms with E-state index in [9.17, 15) is 18.3 Å². The number of hydrogen-bond acceptors (Lipinski definition) is 6. The number of phenols is 1. The summed E-state index contributed by atoms with van der Waals surface area (Å²) in [6.07, 6.45) is 0.509. The minimum Gasteiger partial charge on any atom is -0.508 e. The van der Waals surface area contributed by atoms with Crippen molar-refractivity contribution in [3.05, 3.63) is 24.3 Å². The number of hydrogen-bond donors (Lipinski definition) is 2. The van der Waals surface area contributed by atoms with Gasteiger partial charge in [0.15, 0.2) is 9.84 Å². The first-order valence-electron chi connectivity index (χ1n) is 8.63. The molecule has 2 aliphatic rings. The molecule has 0 aromatic heterocycles. The second kappa shape index (κ2) is 7.21. The van der Waals surface area contributed by atoms with Crippen molar-refractivity contribution in [2.24, 2.45) is 0 Å². The molecule has 138 valence electrons. The number of nitrogens with zero attached hydrogens (tertiary/aromatic N) is 2. The number of carbonyl (C=O) groups is 1. The molecular formula is C17H25N3O4S. The number of piperazine rings is 1. The van der Waals surface area contributed by atoms with Crippen LogP contribution in [0.3, 0.4) is 0 Å². The van der Waals surface area contributed by atoms with Gasteiger partial charge in [-0.25, -0.2) is 8.42 Å². The zero-order valence-electron chi connectivity index (χ0n) is 14.4. The number of nitrogens with one attached hydrogen (secondary N) is 1. The lowest BCUT2D eigenvalue weighted by molar-refractivity contribution is -0.126. The van der Waals surface area contributed by atoms with Crippen molar-refractivity contribution < 1.29 is 18.3 Å². The first kappa shape index (κ1) is 18.0. The van der Waals surface area contributed by atoms with Gasteiger partial charge in [0, 0.05) is 37.9 Å². The highest BCUT2D eigenvalue weighted by molar-refractivity contribution is 7.91. The molecule has 1 aromatic rings. The number of carbonyl (C=O) groups excluding carboxylic acids is 1. The maximum absolute atomic E-state index is 12.4. The molecule has 0 unspecified atom stereocenters. The predicted molar refractivity (Wildman–Crippen MR) is 96.6 cm³/mol. The van der Waals surface area contributed by atoms with Crippen LogP contribution in [0.25, 0.3) is 0 Å². The molecular weight excluding hydrogens is 342 g/mol. The molecule has 8 heteroatoms. The van der Waals surface area contributed by atoms with Gasteiger partial charge in [0.2, 0.25) is 5.91 Å². The number of aromatic hydroxyl groups is 1. The molecule has 2 fully saturated rings. The van der Waals surface area contributed by atoms with Crippen molar-refractivity contribution in [3.63, 3.8) is 0 Å². The number of amides is 1. The van der Waals surface area contributed by atoms with E-state index >= 15 is 0 Å². The van der Waals surface area contributed by atoms with Crippen molar-refractivity contribution >= 4 is 21.4 Å². The maximum atomic E-state index is 12.4. The molecule has 2 atom stereocenters. The standard InChI is InChI=1S/C17H25N3O4S/c1-13(17(22)18-14-6-11-25(23,24)12-14)19-7-9-20(10-8-19)15-2-4-16(21)5-3-15/h2-5,13-14,21H,6-12H2,1H3,(H,18,22)/t13-,14+/m0/s1. The van der Waals surface area contributed by atoms with Gasteiger partial charge in [0.25, 0.3) is 0 Å². The Morgan fingerprint density at radius 3 is 2.40 bits per heavy atom. The third-order valence-corrected chi connectivity index (χ3v) is 6.80. The van der Waals surface area contributed by atoms with Gasteiger partial charge >= 0.3 is 0 Å². The Hall–Kier alpha value is -1.80. The van der Waals surface area contributed by atoms with Gasteiger partial charge in [0.05, 0.1) is 17.5 Å². The summed E-state index contributed by atoms with van der Waals surface area (Å²) in [5.74, 6) is 0.374. The summed E-state index contributed by atoms with van der Waals surface area (Å²) in [5, 5.41) is 12.3. The molecule has 0 bridgehead atoms. The normalized spacial score (nSPS) is 24.8. The van der Waals surface area contributed by atoms with E-state index in [0.717, 1.165) is 31.9 Å². The number of anilines is 1. The minimum atomic E-state index is -2.99. The second-order valence-corrected chi connectivity index (χ2v) is 9.05. The Labute approximate surface area is 148 Å². The highest BCUT2D eigenvalue weighted by atomic mass is 32.2.